The summed E-state index contributed by atoms with van der Waals surface area (Å²) in [6, 6.07) is 10.4. The van der Waals surface area contributed by atoms with Crippen molar-refractivity contribution in [3.05, 3.63) is 35.9 Å². The number of hydrogen-bond acceptors (Lipinski definition) is 1. The fraction of sp³-hybridized carbons (Fsp3) is 0.462. The highest BCUT2D eigenvalue weighted by Crippen LogP contribution is 2.33. The van der Waals surface area contributed by atoms with Crippen LogP contribution in [0, 0.1) is 5.92 Å². The molecule has 0 aromatic heterocycles. The van der Waals surface area contributed by atoms with Gasteiger partial charge < -0.3 is 0 Å². The van der Waals surface area contributed by atoms with Gasteiger partial charge in [-0.05, 0) is 23.8 Å². The Labute approximate surface area is 85.1 Å². The van der Waals surface area contributed by atoms with Crippen LogP contribution in [0.3, 0.4) is 0 Å². The van der Waals surface area contributed by atoms with E-state index in [1.54, 1.807) is 0 Å². The highest BCUT2D eigenvalue weighted by atomic mass is 16.1. The minimum atomic E-state index is 0.428. The van der Waals surface area contributed by atoms with Gasteiger partial charge >= 0.3 is 0 Å². The summed E-state index contributed by atoms with van der Waals surface area (Å²) in [5.41, 5.74) is 1.33. The zero-order valence-corrected chi connectivity index (χ0v) is 8.57. The Kier molecular flexibility index (Phi) is 2.67. The monoisotopic (exact) mass is 188 g/mol. The molecule has 2 unspecified atom stereocenters. The van der Waals surface area contributed by atoms with Gasteiger partial charge in [0.1, 0.15) is 5.78 Å². The van der Waals surface area contributed by atoms with Gasteiger partial charge in [0.15, 0.2) is 0 Å². The maximum Gasteiger partial charge on any atom is 0.133 e. The first-order valence-electron chi connectivity index (χ1n) is 5.32. The zero-order valence-electron chi connectivity index (χ0n) is 8.57. The Morgan fingerprint density at radius 3 is 2.50 bits per heavy atom. The lowest BCUT2D eigenvalue weighted by Crippen LogP contribution is -2.19. The standard InChI is InChI=1S/C13H16O/c1-10-7-12(9-13(14)8-10)11-5-3-2-4-6-11/h2-6,10,12H,7-9H2,1H3. The van der Waals surface area contributed by atoms with E-state index in [-0.39, 0.29) is 0 Å². The molecule has 0 spiro atoms. The van der Waals surface area contributed by atoms with Gasteiger partial charge in [-0.25, -0.2) is 0 Å². The van der Waals surface area contributed by atoms with E-state index >= 15 is 0 Å². The molecule has 1 heteroatoms. The minimum absolute atomic E-state index is 0.428. The summed E-state index contributed by atoms with van der Waals surface area (Å²) in [6.45, 7) is 2.17. The molecule has 1 aliphatic carbocycles. The molecule has 0 radical (unpaired) electrons. The largest absolute Gasteiger partial charge is 0.300 e. The second kappa shape index (κ2) is 3.95. The molecule has 14 heavy (non-hydrogen) atoms. The summed E-state index contributed by atoms with van der Waals surface area (Å²) in [5, 5.41) is 0. The molecule has 1 aliphatic rings. The SMILES string of the molecule is CC1CC(=O)CC(c2ccccc2)C1. The Hall–Kier alpha value is -1.11. The van der Waals surface area contributed by atoms with Gasteiger partial charge in [0, 0.05) is 12.8 Å². The Morgan fingerprint density at radius 2 is 1.86 bits per heavy atom. The predicted octanol–water partition coefficient (Wildman–Crippen LogP) is 3.16. The number of hydrogen-bond donors (Lipinski definition) is 0. The molecule has 0 N–H and O–H groups in total. The summed E-state index contributed by atoms with van der Waals surface area (Å²) in [4.78, 5) is 11.5. The second-order valence-electron chi connectivity index (χ2n) is 4.40. The quantitative estimate of drug-likeness (QED) is 0.661. The summed E-state index contributed by atoms with van der Waals surface area (Å²) in [7, 11) is 0. The molecule has 0 bridgehead atoms. The summed E-state index contributed by atoms with van der Waals surface area (Å²) in [6.07, 6.45) is 2.69. The molecule has 1 saturated carbocycles. The first kappa shape index (κ1) is 9.45. The molecule has 74 valence electrons. The van der Waals surface area contributed by atoms with Crippen molar-refractivity contribution in [2.24, 2.45) is 5.92 Å². The van der Waals surface area contributed by atoms with Crippen molar-refractivity contribution in [3.8, 4) is 0 Å². The Bertz CT molecular complexity index is 315. The fourth-order valence-electron chi connectivity index (χ4n) is 2.38. The van der Waals surface area contributed by atoms with E-state index in [2.05, 4.69) is 31.2 Å². The van der Waals surface area contributed by atoms with Gasteiger partial charge in [0.25, 0.3) is 0 Å². The first-order chi connectivity index (χ1) is 6.75. The van der Waals surface area contributed by atoms with Gasteiger partial charge in [-0.2, -0.15) is 0 Å². The first-order valence-corrected chi connectivity index (χ1v) is 5.32. The van der Waals surface area contributed by atoms with Crippen molar-refractivity contribution >= 4 is 5.78 Å². The Morgan fingerprint density at radius 1 is 1.14 bits per heavy atom. The summed E-state index contributed by atoms with van der Waals surface area (Å²) in [5.74, 6) is 1.45. The number of carbonyl (C=O) groups is 1. The number of ketones is 1. The third kappa shape index (κ3) is 2.03. The van der Waals surface area contributed by atoms with Gasteiger partial charge in [-0.1, -0.05) is 37.3 Å². The Balaban J connectivity index is 2.15. The van der Waals surface area contributed by atoms with Crippen LogP contribution in [-0.2, 0) is 4.79 Å². The van der Waals surface area contributed by atoms with Crippen LogP contribution in [0.25, 0.3) is 0 Å². The van der Waals surface area contributed by atoms with Crippen molar-refractivity contribution < 1.29 is 4.79 Å². The average Bonchev–Trinajstić information content (AvgIpc) is 2.18. The van der Waals surface area contributed by atoms with Crippen LogP contribution < -0.4 is 0 Å². The molecule has 1 aromatic carbocycles. The van der Waals surface area contributed by atoms with Crippen molar-refractivity contribution in [2.75, 3.05) is 0 Å². The van der Waals surface area contributed by atoms with Crippen LogP contribution in [0.15, 0.2) is 30.3 Å². The number of Topliss-reactive ketones (excluding diaryl/α,β-unsaturated/α-hetero) is 1. The van der Waals surface area contributed by atoms with Gasteiger partial charge in [0.2, 0.25) is 0 Å². The molecular weight excluding hydrogens is 172 g/mol. The molecule has 0 aliphatic heterocycles. The maximum absolute atomic E-state index is 11.5. The van der Waals surface area contributed by atoms with Crippen LogP contribution in [0.4, 0.5) is 0 Å². The molecule has 1 nitrogen and oxygen atoms in total. The maximum atomic E-state index is 11.5. The zero-order chi connectivity index (χ0) is 9.97. The van der Waals surface area contributed by atoms with Gasteiger partial charge in [0.05, 0.1) is 0 Å². The van der Waals surface area contributed by atoms with Crippen molar-refractivity contribution in [1.82, 2.24) is 0 Å². The molecule has 0 saturated heterocycles. The molecule has 2 atom stereocenters. The summed E-state index contributed by atoms with van der Waals surface area (Å²) < 4.78 is 0. The molecular formula is C13H16O. The van der Waals surface area contributed by atoms with E-state index in [1.165, 1.54) is 5.56 Å². The van der Waals surface area contributed by atoms with Crippen LogP contribution in [-0.4, -0.2) is 5.78 Å². The van der Waals surface area contributed by atoms with E-state index in [4.69, 9.17) is 0 Å². The van der Waals surface area contributed by atoms with Crippen molar-refractivity contribution in [3.63, 3.8) is 0 Å². The van der Waals surface area contributed by atoms with E-state index in [1.807, 2.05) is 6.07 Å². The van der Waals surface area contributed by atoms with E-state index in [0.29, 0.717) is 17.6 Å². The smallest absolute Gasteiger partial charge is 0.133 e. The number of carbonyl (C=O) groups excluding carboxylic acids is 1. The number of benzene rings is 1. The predicted molar refractivity (Wildman–Crippen MR) is 57.2 cm³/mol. The van der Waals surface area contributed by atoms with E-state index in [9.17, 15) is 4.79 Å². The van der Waals surface area contributed by atoms with Crippen molar-refractivity contribution in [1.29, 1.82) is 0 Å². The molecule has 2 rings (SSSR count). The minimum Gasteiger partial charge on any atom is -0.300 e. The van der Waals surface area contributed by atoms with Gasteiger partial charge in [-0.3, -0.25) is 4.79 Å². The molecule has 0 amide bonds. The normalized spacial score (nSPS) is 27.6. The lowest BCUT2D eigenvalue weighted by Gasteiger charge is -2.25. The fourth-order valence-corrected chi connectivity index (χ4v) is 2.38. The van der Waals surface area contributed by atoms with E-state index < -0.39 is 0 Å². The van der Waals surface area contributed by atoms with Crippen LogP contribution in [0.5, 0.6) is 0 Å². The third-order valence-corrected chi connectivity index (χ3v) is 3.01. The lowest BCUT2D eigenvalue weighted by molar-refractivity contribution is -0.121. The molecule has 1 fully saturated rings. The molecule has 1 aromatic rings. The second-order valence-corrected chi connectivity index (χ2v) is 4.40. The lowest BCUT2D eigenvalue weighted by atomic mass is 9.78. The topological polar surface area (TPSA) is 17.1 Å². The average molecular weight is 188 g/mol. The third-order valence-electron chi connectivity index (χ3n) is 3.01. The van der Waals surface area contributed by atoms with Crippen LogP contribution in [0.1, 0.15) is 37.7 Å². The highest BCUT2D eigenvalue weighted by Gasteiger charge is 2.25. The van der Waals surface area contributed by atoms with E-state index in [0.717, 1.165) is 19.3 Å². The van der Waals surface area contributed by atoms with Crippen LogP contribution >= 0.6 is 0 Å². The van der Waals surface area contributed by atoms with Crippen molar-refractivity contribution in [2.45, 2.75) is 32.1 Å². The van der Waals surface area contributed by atoms with Crippen LogP contribution in [0.2, 0.25) is 0 Å². The summed E-state index contributed by atoms with van der Waals surface area (Å²) >= 11 is 0. The number of rotatable bonds is 1. The highest BCUT2D eigenvalue weighted by molar-refractivity contribution is 5.80. The molecule has 0 heterocycles. The van der Waals surface area contributed by atoms with Gasteiger partial charge in [-0.15, -0.1) is 0 Å².